The number of carbonyl (C=O) groups is 1. The van der Waals surface area contributed by atoms with Crippen molar-refractivity contribution in [3.8, 4) is 11.5 Å². The zero-order chi connectivity index (χ0) is 18.5. The molecule has 0 aliphatic carbocycles. The Balaban J connectivity index is 1.67. The molecule has 1 fully saturated rings. The van der Waals surface area contributed by atoms with Crippen LogP contribution in [0, 0.1) is 11.8 Å². The SMILES string of the molecule is CC1CCCN(CC(=O)NC(c2ccc3c(c2)OCCCO3)C(C)C)C1. The molecule has 1 saturated heterocycles. The van der Waals surface area contributed by atoms with Crippen LogP contribution in [0.3, 0.4) is 0 Å². The summed E-state index contributed by atoms with van der Waals surface area (Å²) >= 11 is 0. The number of nitrogens with one attached hydrogen (secondary N) is 1. The van der Waals surface area contributed by atoms with E-state index in [1.54, 1.807) is 0 Å². The number of hydrogen-bond donors (Lipinski definition) is 1. The van der Waals surface area contributed by atoms with Crippen LogP contribution in [0.15, 0.2) is 18.2 Å². The van der Waals surface area contributed by atoms with Crippen molar-refractivity contribution in [2.75, 3.05) is 32.8 Å². The molecule has 1 amide bonds. The summed E-state index contributed by atoms with van der Waals surface area (Å²) in [5.74, 6) is 2.65. The van der Waals surface area contributed by atoms with Gasteiger partial charge in [0, 0.05) is 13.0 Å². The molecular weight excluding hydrogens is 328 g/mol. The monoisotopic (exact) mass is 360 g/mol. The average Bonchev–Trinajstić information content (AvgIpc) is 2.84. The molecule has 0 radical (unpaired) electrons. The Morgan fingerprint density at radius 3 is 2.73 bits per heavy atom. The molecule has 5 heteroatoms. The van der Waals surface area contributed by atoms with Crippen LogP contribution in [0.25, 0.3) is 0 Å². The highest BCUT2D eigenvalue weighted by molar-refractivity contribution is 5.78. The van der Waals surface area contributed by atoms with E-state index in [0.717, 1.165) is 36.6 Å². The average molecular weight is 360 g/mol. The van der Waals surface area contributed by atoms with Crippen molar-refractivity contribution < 1.29 is 14.3 Å². The van der Waals surface area contributed by atoms with Crippen molar-refractivity contribution in [1.82, 2.24) is 10.2 Å². The van der Waals surface area contributed by atoms with Crippen LogP contribution in [-0.4, -0.2) is 43.7 Å². The zero-order valence-electron chi connectivity index (χ0n) is 16.3. The Bertz CT molecular complexity index is 617. The Kier molecular flexibility index (Phi) is 6.41. The predicted octanol–water partition coefficient (Wildman–Crippen LogP) is 3.39. The standard InChI is InChI=1S/C21H32N2O3/c1-15(2)21(22-20(24)14-23-9-4-6-16(3)13-23)17-7-8-18-19(12-17)26-11-5-10-25-18/h7-8,12,15-16,21H,4-6,9-11,13-14H2,1-3H3,(H,22,24). The van der Waals surface area contributed by atoms with E-state index in [1.165, 1.54) is 12.8 Å². The maximum Gasteiger partial charge on any atom is 0.234 e. The number of likely N-dealkylation sites (tertiary alicyclic amines) is 1. The third kappa shape index (κ3) is 4.91. The van der Waals surface area contributed by atoms with Crippen LogP contribution in [-0.2, 0) is 4.79 Å². The smallest absolute Gasteiger partial charge is 0.234 e. The van der Waals surface area contributed by atoms with Gasteiger partial charge < -0.3 is 14.8 Å². The molecule has 0 spiro atoms. The summed E-state index contributed by atoms with van der Waals surface area (Å²) in [6.45, 7) is 10.4. The third-order valence-corrected chi connectivity index (χ3v) is 5.22. The Morgan fingerprint density at radius 1 is 1.23 bits per heavy atom. The minimum Gasteiger partial charge on any atom is -0.490 e. The Morgan fingerprint density at radius 2 is 2.00 bits per heavy atom. The Hall–Kier alpha value is -1.75. The minimum atomic E-state index is -0.0260. The maximum absolute atomic E-state index is 12.6. The normalized spacial score (nSPS) is 21.9. The van der Waals surface area contributed by atoms with Gasteiger partial charge in [0.2, 0.25) is 5.91 Å². The van der Waals surface area contributed by atoms with Gasteiger partial charge in [-0.3, -0.25) is 9.69 Å². The lowest BCUT2D eigenvalue weighted by atomic mass is 9.95. The number of rotatable bonds is 5. The van der Waals surface area contributed by atoms with Gasteiger partial charge in [-0.05, 0) is 48.9 Å². The van der Waals surface area contributed by atoms with E-state index >= 15 is 0 Å². The summed E-state index contributed by atoms with van der Waals surface area (Å²) in [4.78, 5) is 14.9. The minimum absolute atomic E-state index is 0.0260. The van der Waals surface area contributed by atoms with E-state index in [1.807, 2.05) is 18.2 Å². The van der Waals surface area contributed by atoms with E-state index < -0.39 is 0 Å². The molecule has 3 rings (SSSR count). The number of fused-ring (bicyclic) bond motifs is 1. The van der Waals surface area contributed by atoms with Gasteiger partial charge in [0.25, 0.3) is 0 Å². The fraction of sp³-hybridized carbons (Fsp3) is 0.667. The van der Waals surface area contributed by atoms with Crippen LogP contribution in [0.5, 0.6) is 11.5 Å². The van der Waals surface area contributed by atoms with E-state index in [0.29, 0.717) is 31.6 Å². The van der Waals surface area contributed by atoms with Crippen LogP contribution >= 0.6 is 0 Å². The number of amides is 1. The molecule has 1 aromatic carbocycles. The number of nitrogens with zero attached hydrogens (tertiary/aromatic N) is 1. The second-order valence-electron chi connectivity index (χ2n) is 8.03. The predicted molar refractivity (Wildman–Crippen MR) is 103 cm³/mol. The first kappa shape index (κ1) is 19.0. The van der Waals surface area contributed by atoms with Gasteiger partial charge in [0.15, 0.2) is 11.5 Å². The van der Waals surface area contributed by atoms with Gasteiger partial charge >= 0.3 is 0 Å². The molecule has 26 heavy (non-hydrogen) atoms. The number of ether oxygens (including phenoxy) is 2. The molecule has 0 saturated carbocycles. The molecular formula is C21H32N2O3. The molecule has 1 aromatic rings. The summed E-state index contributed by atoms with van der Waals surface area (Å²) < 4.78 is 11.5. The van der Waals surface area contributed by atoms with Crippen molar-refractivity contribution in [1.29, 1.82) is 0 Å². The summed E-state index contributed by atoms with van der Waals surface area (Å²) in [6, 6.07) is 6.00. The number of carbonyl (C=O) groups excluding carboxylic acids is 1. The molecule has 2 atom stereocenters. The van der Waals surface area contributed by atoms with Crippen LogP contribution in [0.4, 0.5) is 0 Å². The highest BCUT2D eigenvalue weighted by Gasteiger charge is 2.23. The van der Waals surface area contributed by atoms with Crippen molar-refractivity contribution in [2.45, 2.75) is 46.1 Å². The highest BCUT2D eigenvalue weighted by atomic mass is 16.5. The van der Waals surface area contributed by atoms with Gasteiger partial charge in [-0.1, -0.05) is 26.8 Å². The third-order valence-electron chi connectivity index (χ3n) is 5.22. The van der Waals surface area contributed by atoms with Crippen LogP contribution in [0.2, 0.25) is 0 Å². The zero-order valence-corrected chi connectivity index (χ0v) is 16.3. The fourth-order valence-corrected chi connectivity index (χ4v) is 3.86. The second kappa shape index (κ2) is 8.76. The fourth-order valence-electron chi connectivity index (χ4n) is 3.86. The highest BCUT2D eigenvalue weighted by Crippen LogP contribution is 2.34. The molecule has 5 nitrogen and oxygen atoms in total. The topological polar surface area (TPSA) is 50.8 Å². The van der Waals surface area contributed by atoms with Crippen molar-refractivity contribution in [3.05, 3.63) is 23.8 Å². The lowest BCUT2D eigenvalue weighted by Gasteiger charge is -2.31. The van der Waals surface area contributed by atoms with Gasteiger partial charge in [0.05, 0.1) is 25.8 Å². The molecule has 0 aromatic heterocycles. The molecule has 2 aliphatic heterocycles. The first-order valence-electron chi connectivity index (χ1n) is 9.94. The van der Waals surface area contributed by atoms with Crippen molar-refractivity contribution in [3.63, 3.8) is 0 Å². The summed E-state index contributed by atoms with van der Waals surface area (Å²) in [5, 5.41) is 3.24. The molecule has 144 valence electrons. The lowest BCUT2D eigenvalue weighted by molar-refractivity contribution is -0.123. The number of hydrogen-bond acceptors (Lipinski definition) is 4. The van der Waals surface area contributed by atoms with Crippen molar-refractivity contribution in [2.24, 2.45) is 11.8 Å². The van der Waals surface area contributed by atoms with Gasteiger partial charge in [-0.2, -0.15) is 0 Å². The Labute approximate surface area is 157 Å². The van der Waals surface area contributed by atoms with E-state index in [-0.39, 0.29) is 11.9 Å². The molecule has 2 heterocycles. The van der Waals surface area contributed by atoms with Gasteiger partial charge in [-0.15, -0.1) is 0 Å². The van der Waals surface area contributed by atoms with E-state index in [9.17, 15) is 4.79 Å². The first-order valence-corrected chi connectivity index (χ1v) is 9.94. The van der Waals surface area contributed by atoms with Gasteiger partial charge in [-0.25, -0.2) is 0 Å². The summed E-state index contributed by atoms with van der Waals surface area (Å²) in [6.07, 6.45) is 3.34. The molecule has 0 bridgehead atoms. The van der Waals surface area contributed by atoms with Gasteiger partial charge in [0.1, 0.15) is 0 Å². The first-order chi connectivity index (χ1) is 12.5. The summed E-state index contributed by atoms with van der Waals surface area (Å²) in [5.41, 5.74) is 1.07. The molecule has 1 N–H and O–H groups in total. The quantitative estimate of drug-likeness (QED) is 0.874. The lowest BCUT2D eigenvalue weighted by Crippen LogP contribution is -2.43. The molecule has 2 aliphatic rings. The van der Waals surface area contributed by atoms with E-state index in [4.69, 9.17) is 9.47 Å². The molecule has 2 unspecified atom stereocenters. The second-order valence-corrected chi connectivity index (χ2v) is 8.03. The largest absolute Gasteiger partial charge is 0.490 e. The maximum atomic E-state index is 12.6. The van der Waals surface area contributed by atoms with Crippen LogP contribution in [0.1, 0.15) is 51.6 Å². The summed E-state index contributed by atoms with van der Waals surface area (Å²) in [7, 11) is 0. The van der Waals surface area contributed by atoms with E-state index in [2.05, 4.69) is 31.0 Å². The van der Waals surface area contributed by atoms with Crippen molar-refractivity contribution >= 4 is 5.91 Å². The van der Waals surface area contributed by atoms with Crippen LogP contribution < -0.4 is 14.8 Å². The number of benzene rings is 1. The number of piperidine rings is 1.